The third-order valence-corrected chi connectivity index (χ3v) is 5.41. The molecule has 0 aliphatic heterocycles. The van der Waals surface area contributed by atoms with Gasteiger partial charge in [0, 0.05) is 18.7 Å². The number of aryl methyl sites for hydroxylation is 1. The highest BCUT2D eigenvalue weighted by molar-refractivity contribution is 6.34. The van der Waals surface area contributed by atoms with Crippen molar-refractivity contribution < 1.29 is 39.9 Å². The number of carbonyl (C=O) groups is 1. The molecule has 35 heavy (non-hydrogen) atoms. The molecule has 0 unspecified atom stereocenters. The lowest BCUT2D eigenvalue weighted by Gasteiger charge is -2.19. The largest absolute Gasteiger partial charge is 0.459 e. The summed E-state index contributed by atoms with van der Waals surface area (Å²) >= 11 is 6.06. The number of hydrogen-bond acceptors (Lipinski definition) is 4. The average molecular weight is 529 g/mol. The van der Waals surface area contributed by atoms with Crippen LogP contribution in [0.1, 0.15) is 34.5 Å². The molecule has 0 saturated heterocycles. The first-order valence-electron chi connectivity index (χ1n) is 9.74. The van der Waals surface area contributed by atoms with Crippen LogP contribution in [0.25, 0.3) is 17.1 Å². The molecule has 3 aromatic rings. The van der Waals surface area contributed by atoms with E-state index in [0.717, 1.165) is 26.1 Å². The molecule has 1 aliphatic rings. The van der Waals surface area contributed by atoms with Crippen molar-refractivity contribution in [3.63, 3.8) is 0 Å². The van der Waals surface area contributed by atoms with Gasteiger partial charge in [0.05, 0.1) is 16.8 Å². The van der Waals surface area contributed by atoms with Crippen LogP contribution in [0.3, 0.4) is 0 Å². The second kappa shape index (κ2) is 8.17. The maximum Gasteiger partial charge on any atom is 0.459 e. The van der Waals surface area contributed by atoms with Crippen LogP contribution < -0.4 is 5.32 Å². The van der Waals surface area contributed by atoms with Gasteiger partial charge in [0.1, 0.15) is 11.3 Å². The Bertz CT molecular complexity index is 1290. The lowest BCUT2D eigenvalue weighted by molar-refractivity contribution is -0.292. The summed E-state index contributed by atoms with van der Waals surface area (Å²) in [5, 5.41) is 12.8. The summed E-state index contributed by atoms with van der Waals surface area (Å²) in [6, 6.07) is 4.02. The Morgan fingerprint density at radius 3 is 2.34 bits per heavy atom. The lowest BCUT2D eigenvalue weighted by Crippen LogP contribution is -2.36. The number of carbonyl (C=O) groups excluding carboxylic acids is 1. The molecule has 1 amide bonds. The lowest BCUT2D eigenvalue weighted by atomic mass is 10.1. The van der Waals surface area contributed by atoms with Crippen LogP contribution in [-0.4, -0.2) is 42.9 Å². The number of hydrogen-bond donors (Lipinski definition) is 1. The van der Waals surface area contributed by atoms with Gasteiger partial charge >= 0.3 is 18.3 Å². The molecule has 1 saturated carbocycles. The zero-order valence-electron chi connectivity index (χ0n) is 17.3. The first-order chi connectivity index (χ1) is 16.1. The number of nitrogens with zero attached hydrogens (tertiary/aromatic N) is 5. The van der Waals surface area contributed by atoms with Gasteiger partial charge in [-0.25, -0.2) is 9.36 Å². The van der Waals surface area contributed by atoms with Gasteiger partial charge in [-0.3, -0.25) is 4.79 Å². The van der Waals surface area contributed by atoms with Crippen molar-refractivity contribution in [3.8, 4) is 17.1 Å². The number of aromatic nitrogens is 5. The first kappa shape index (κ1) is 24.9. The van der Waals surface area contributed by atoms with Gasteiger partial charge < -0.3 is 5.32 Å². The van der Waals surface area contributed by atoms with E-state index in [9.17, 15) is 39.9 Å². The van der Waals surface area contributed by atoms with E-state index in [1.54, 1.807) is 0 Å². The predicted molar refractivity (Wildman–Crippen MR) is 104 cm³/mol. The molecule has 0 radical (unpaired) electrons. The molecule has 2 heterocycles. The fraction of sp³-hybridized carbons (Fsp3) is 0.368. The first-order valence-corrected chi connectivity index (χ1v) is 10.1. The van der Waals surface area contributed by atoms with Gasteiger partial charge in [0.15, 0.2) is 11.5 Å². The monoisotopic (exact) mass is 528 g/mol. The number of rotatable bonds is 5. The predicted octanol–water partition coefficient (Wildman–Crippen LogP) is 4.89. The highest BCUT2D eigenvalue weighted by atomic mass is 35.5. The molecule has 0 spiro atoms. The summed E-state index contributed by atoms with van der Waals surface area (Å²) in [5.74, 6) is -7.59. The average Bonchev–Trinajstić information content (AvgIpc) is 3.27. The van der Waals surface area contributed by atoms with E-state index < -0.39 is 41.3 Å². The Labute approximate surface area is 195 Å². The number of nitrogens with one attached hydrogen (secondary N) is 1. The summed E-state index contributed by atoms with van der Waals surface area (Å²) in [6.45, 7) is 0. The molecular formula is C19H13ClF8N6O. The summed E-state index contributed by atoms with van der Waals surface area (Å²) < 4.78 is 108. The van der Waals surface area contributed by atoms with Gasteiger partial charge in [-0.1, -0.05) is 22.9 Å². The van der Waals surface area contributed by atoms with Gasteiger partial charge in [0.2, 0.25) is 0 Å². The van der Waals surface area contributed by atoms with Crippen molar-refractivity contribution in [2.75, 3.05) is 0 Å². The number of halogens is 9. The number of alkyl halides is 8. The Morgan fingerprint density at radius 2 is 1.77 bits per heavy atom. The summed E-state index contributed by atoms with van der Waals surface area (Å²) in [5.41, 5.74) is -4.72. The molecule has 7 nitrogen and oxygen atoms in total. The highest BCUT2D eigenvalue weighted by Crippen LogP contribution is 2.49. The molecule has 1 N–H and O–H groups in total. The van der Waals surface area contributed by atoms with Crippen LogP contribution in [0, 0.1) is 0 Å². The number of amides is 1. The molecule has 188 valence electrons. The van der Waals surface area contributed by atoms with E-state index in [0.29, 0.717) is 4.68 Å². The van der Waals surface area contributed by atoms with Crippen molar-refractivity contribution in [2.24, 2.45) is 7.05 Å². The molecule has 4 rings (SSSR count). The molecule has 0 atom stereocenters. The highest BCUT2D eigenvalue weighted by Gasteiger charge is 2.64. The Balaban J connectivity index is 1.79. The fourth-order valence-electron chi connectivity index (χ4n) is 3.24. The van der Waals surface area contributed by atoms with Gasteiger partial charge in [-0.05, 0) is 25.0 Å². The van der Waals surface area contributed by atoms with Gasteiger partial charge in [-0.2, -0.15) is 40.2 Å². The topological polar surface area (TPSA) is 77.6 Å². The van der Waals surface area contributed by atoms with Crippen LogP contribution >= 0.6 is 11.6 Å². The van der Waals surface area contributed by atoms with E-state index in [2.05, 4.69) is 20.7 Å². The van der Waals surface area contributed by atoms with Crippen LogP contribution in [0.4, 0.5) is 35.1 Å². The zero-order valence-corrected chi connectivity index (χ0v) is 18.1. The van der Waals surface area contributed by atoms with Gasteiger partial charge in [-0.15, -0.1) is 5.10 Å². The smallest absolute Gasteiger partial charge is 0.349 e. The molecule has 0 bridgehead atoms. The molecule has 16 heteroatoms. The van der Waals surface area contributed by atoms with Crippen LogP contribution in [0.2, 0.25) is 5.02 Å². The zero-order chi connectivity index (χ0) is 25.9. The second-order valence-electron chi connectivity index (χ2n) is 7.73. The minimum absolute atomic E-state index is 0.0118. The van der Waals surface area contributed by atoms with Crippen LogP contribution in [-0.2, 0) is 19.1 Å². The fourth-order valence-corrected chi connectivity index (χ4v) is 3.45. The third-order valence-electron chi connectivity index (χ3n) is 5.08. The van der Waals surface area contributed by atoms with E-state index >= 15 is 0 Å². The summed E-state index contributed by atoms with van der Waals surface area (Å²) in [7, 11) is 0.754. The normalized spacial score (nSPS) is 14.9. The molecule has 1 fully saturated rings. The van der Waals surface area contributed by atoms with Crippen LogP contribution in [0.15, 0.2) is 24.4 Å². The molecular weight excluding hydrogens is 516 g/mol. The summed E-state index contributed by atoms with van der Waals surface area (Å²) in [4.78, 5) is 12.4. The molecule has 1 aliphatic carbocycles. The van der Waals surface area contributed by atoms with E-state index in [1.807, 2.05) is 0 Å². The van der Waals surface area contributed by atoms with Gasteiger partial charge in [0.25, 0.3) is 5.91 Å². The summed E-state index contributed by atoms with van der Waals surface area (Å²) in [6.07, 6.45) is -9.49. The van der Waals surface area contributed by atoms with E-state index in [-0.39, 0.29) is 32.6 Å². The second-order valence-corrected chi connectivity index (χ2v) is 8.14. The van der Waals surface area contributed by atoms with Crippen molar-refractivity contribution in [3.05, 3.63) is 46.2 Å². The van der Waals surface area contributed by atoms with E-state index in [1.165, 1.54) is 18.2 Å². The standard InChI is InChI=1S/C19H13ClF8N6O/c1-33-16(13(18(23,24)25)14(31-33)17(21,22)19(26,27)28)34-7-12(30-32-34)8-2-5-11(20)10(6-8)15(35)29-9-3-4-9/h2,5-7,9H,3-4H2,1H3,(H,29,35). The third kappa shape index (κ3) is 4.56. The Morgan fingerprint density at radius 1 is 1.11 bits per heavy atom. The minimum atomic E-state index is -6.33. The molecule has 2 aromatic heterocycles. The Hall–Kier alpha value is -3.23. The quantitative estimate of drug-likeness (QED) is 0.479. The van der Waals surface area contributed by atoms with Crippen molar-refractivity contribution in [1.29, 1.82) is 0 Å². The molecule has 1 aromatic carbocycles. The SMILES string of the molecule is Cn1nc(C(F)(F)C(F)(F)F)c(C(F)(F)F)c1-n1cc(-c2ccc(Cl)c(C(=O)NC3CC3)c2)nn1. The van der Waals surface area contributed by atoms with Crippen LogP contribution in [0.5, 0.6) is 0 Å². The number of benzene rings is 1. The van der Waals surface area contributed by atoms with Crippen molar-refractivity contribution in [1.82, 2.24) is 30.1 Å². The Kier molecular flexibility index (Phi) is 5.81. The maximum absolute atomic E-state index is 13.9. The maximum atomic E-state index is 13.9. The van der Waals surface area contributed by atoms with E-state index in [4.69, 9.17) is 11.6 Å². The van der Waals surface area contributed by atoms with Crippen molar-refractivity contribution in [2.45, 2.75) is 37.2 Å². The minimum Gasteiger partial charge on any atom is -0.349 e. The van der Waals surface area contributed by atoms with Crippen molar-refractivity contribution >= 4 is 17.5 Å².